The molecule has 0 saturated carbocycles. The molecule has 0 saturated heterocycles. The minimum absolute atomic E-state index is 0.0563. The Bertz CT molecular complexity index is 334. The van der Waals surface area contributed by atoms with Crippen molar-refractivity contribution in [1.82, 2.24) is 0 Å². The van der Waals surface area contributed by atoms with Gasteiger partial charge in [-0.25, -0.2) is 0 Å². The first-order chi connectivity index (χ1) is 6.69. The van der Waals surface area contributed by atoms with Crippen LogP contribution in [-0.4, -0.2) is 12.4 Å². The van der Waals surface area contributed by atoms with Gasteiger partial charge in [-0.15, -0.1) is 0 Å². The molecule has 0 radical (unpaired) electrons. The van der Waals surface area contributed by atoms with Crippen LogP contribution in [0.25, 0.3) is 0 Å². The minimum Gasteiger partial charge on any atom is -0.493 e. The molecule has 0 aliphatic heterocycles. The maximum atomic E-state index is 11.5. The molecule has 1 rings (SSSR count). The summed E-state index contributed by atoms with van der Waals surface area (Å²) in [6, 6.07) is 5.13. The summed E-state index contributed by atoms with van der Waals surface area (Å²) in [5.41, 5.74) is 6.77. The lowest BCUT2D eigenvalue weighted by molar-refractivity contribution is 0.0984. The van der Waals surface area contributed by atoms with E-state index in [1.807, 2.05) is 13.8 Å². The van der Waals surface area contributed by atoms with E-state index in [0.717, 1.165) is 0 Å². The van der Waals surface area contributed by atoms with Gasteiger partial charge in [0.25, 0.3) is 0 Å². The van der Waals surface area contributed by atoms with E-state index in [9.17, 15) is 4.79 Å². The Balaban J connectivity index is 3.08. The SMILES string of the molecule is CCOc1ccc(N)cc1C(=O)CC. The van der Waals surface area contributed by atoms with Gasteiger partial charge < -0.3 is 10.5 Å². The van der Waals surface area contributed by atoms with E-state index in [2.05, 4.69) is 0 Å². The summed E-state index contributed by atoms with van der Waals surface area (Å²) < 4.78 is 5.34. The highest BCUT2D eigenvalue weighted by atomic mass is 16.5. The Morgan fingerprint density at radius 1 is 1.43 bits per heavy atom. The molecular formula is C11H15NO2. The van der Waals surface area contributed by atoms with E-state index in [4.69, 9.17) is 10.5 Å². The number of carbonyl (C=O) groups excluding carboxylic acids is 1. The molecular weight excluding hydrogens is 178 g/mol. The van der Waals surface area contributed by atoms with E-state index in [1.165, 1.54) is 0 Å². The fourth-order valence-electron chi connectivity index (χ4n) is 1.24. The fourth-order valence-corrected chi connectivity index (χ4v) is 1.24. The topological polar surface area (TPSA) is 52.3 Å². The zero-order valence-electron chi connectivity index (χ0n) is 8.54. The van der Waals surface area contributed by atoms with Crippen molar-refractivity contribution in [2.75, 3.05) is 12.3 Å². The third-order valence-electron chi connectivity index (χ3n) is 1.92. The number of ether oxygens (including phenoxy) is 1. The third kappa shape index (κ3) is 2.25. The van der Waals surface area contributed by atoms with Crippen molar-refractivity contribution >= 4 is 11.5 Å². The molecule has 14 heavy (non-hydrogen) atoms. The van der Waals surface area contributed by atoms with Crippen molar-refractivity contribution in [3.63, 3.8) is 0 Å². The number of hydrogen-bond acceptors (Lipinski definition) is 3. The third-order valence-corrected chi connectivity index (χ3v) is 1.92. The molecule has 0 aliphatic rings. The second-order valence-electron chi connectivity index (χ2n) is 2.97. The van der Waals surface area contributed by atoms with Gasteiger partial charge in [0.2, 0.25) is 0 Å². The largest absolute Gasteiger partial charge is 0.493 e. The second-order valence-corrected chi connectivity index (χ2v) is 2.97. The molecule has 3 nitrogen and oxygen atoms in total. The average Bonchev–Trinajstić information content (AvgIpc) is 2.20. The van der Waals surface area contributed by atoms with Gasteiger partial charge in [0, 0.05) is 12.1 Å². The van der Waals surface area contributed by atoms with Crippen LogP contribution < -0.4 is 10.5 Å². The zero-order chi connectivity index (χ0) is 10.6. The molecule has 0 atom stereocenters. The number of carbonyl (C=O) groups is 1. The van der Waals surface area contributed by atoms with E-state index in [1.54, 1.807) is 18.2 Å². The van der Waals surface area contributed by atoms with Crippen LogP contribution >= 0.6 is 0 Å². The Morgan fingerprint density at radius 2 is 2.14 bits per heavy atom. The van der Waals surface area contributed by atoms with Crippen LogP contribution in [0.1, 0.15) is 30.6 Å². The van der Waals surface area contributed by atoms with Gasteiger partial charge in [-0.2, -0.15) is 0 Å². The van der Waals surface area contributed by atoms with Crippen LogP contribution in [0, 0.1) is 0 Å². The Morgan fingerprint density at radius 3 is 2.71 bits per heavy atom. The molecule has 0 heterocycles. The quantitative estimate of drug-likeness (QED) is 0.589. The number of anilines is 1. The van der Waals surface area contributed by atoms with Gasteiger partial charge in [0.1, 0.15) is 5.75 Å². The van der Waals surface area contributed by atoms with Crippen LogP contribution in [0.15, 0.2) is 18.2 Å². The van der Waals surface area contributed by atoms with E-state index < -0.39 is 0 Å². The minimum atomic E-state index is 0.0563. The summed E-state index contributed by atoms with van der Waals surface area (Å²) in [5.74, 6) is 0.675. The molecule has 1 aromatic carbocycles. The maximum Gasteiger partial charge on any atom is 0.166 e. The monoisotopic (exact) mass is 193 g/mol. The molecule has 0 aromatic heterocycles. The number of nitrogens with two attached hydrogens (primary N) is 1. The lowest BCUT2D eigenvalue weighted by Gasteiger charge is -2.08. The van der Waals surface area contributed by atoms with Crippen molar-refractivity contribution in [2.24, 2.45) is 0 Å². The number of benzene rings is 1. The first kappa shape index (κ1) is 10.6. The molecule has 0 fully saturated rings. The standard InChI is InChI=1S/C11H15NO2/c1-3-10(13)9-7-8(12)5-6-11(9)14-4-2/h5-7H,3-4,12H2,1-2H3. The van der Waals surface area contributed by atoms with Crippen molar-refractivity contribution in [2.45, 2.75) is 20.3 Å². The van der Waals surface area contributed by atoms with Gasteiger partial charge in [-0.3, -0.25) is 4.79 Å². The summed E-state index contributed by atoms with van der Waals surface area (Å²) in [6.45, 7) is 4.26. The van der Waals surface area contributed by atoms with Crippen molar-refractivity contribution < 1.29 is 9.53 Å². The van der Waals surface area contributed by atoms with Crippen molar-refractivity contribution in [1.29, 1.82) is 0 Å². The molecule has 0 bridgehead atoms. The van der Waals surface area contributed by atoms with Gasteiger partial charge in [0.05, 0.1) is 12.2 Å². The molecule has 0 aliphatic carbocycles. The van der Waals surface area contributed by atoms with E-state index in [0.29, 0.717) is 30.0 Å². The van der Waals surface area contributed by atoms with Crippen LogP contribution in [0.5, 0.6) is 5.75 Å². The number of ketones is 1. The summed E-state index contributed by atoms with van der Waals surface area (Å²) in [6.07, 6.45) is 0.462. The van der Waals surface area contributed by atoms with Crippen LogP contribution in [0.2, 0.25) is 0 Å². The molecule has 0 amide bonds. The summed E-state index contributed by atoms with van der Waals surface area (Å²) in [4.78, 5) is 11.5. The molecule has 1 aromatic rings. The maximum absolute atomic E-state index is 11.5. The van der Waals surface area contributed by atoms with Crippen LogP contribution in [-0.2, 0) is 0 Å². The lowest BCUT2D eigenvalue weighted by atomic mass is 10.1. The number of nitrogen functional groups attached to an aromatic ring is 1. The summed E-state index contributed by atoms with van der Waals surface area (Å²) in [5, 5.41) is 0. The first-order valence-electron chi connectivity index (χ1n) is 4.74. The smallest absolute Gasteiger partial charge is 0.166 e. The van der Waals surface area contributed by atoms with Crippen LogP contribution in [0.4, 0.5) is 5.69 Å². The van der Waals surface area contributed by atoms with Crippen molar-refractivity contribution in [3.8, 4) is 5.75 Å². The molecule has 76 valence electrons. The van der Waals surface area contributed by atoms with E-state index in [-0.39, 0.29) is 5.78 Å². The van der Waals surface area contributed by atoms with Crippen molar-refractivity contribution in [3.05, 3.63) is 23.8 Å². The molecule has 2 N–H and O–H groups in total. The predicted molar refractivity (Wildman–Crippen MR) is 56.6 cm³/mol. The average molecular weight is 193 g/mol. The van der Waals surface area contributed by atoms with Crippen LogP contribution in [0.3, 0.4) is 0 Å². The number of rotatable bonds is 4. The normalized spacial score (nSPS) is 9.86. The second kappa shape index (κ2) is 4.65. The Kier molecular flexibility index (Phi) is 3.51. The lowest BCUT2D eigenvalue weighted by Crippen LogP contribution is -2.03. The summed E-state index contributed by atoms with van der Waals surface area (Å²) >= 11 is 0. The van der Waals surface area contributed by atoms with E-state index >= 15 is 0 Å². The highest BCUT2D eigenvalue weighted by Gasteiger charge is 2.10. The van der Waals surface area contributed by atoms with Gasteiger partial charge in [-0.05, 0) is 25.1 Å². The summed E-state index contributed by atoms with van der Waals surface area (Å²) in [7, 11) is 0. The Labute approximate surface area is 83.9 Å². The predicted octanol–water partition coefficient (Wildman–Crippen LogP) is 2.26. The first-order valence-corrected chi connectivity index (χ1v) is 4.74. The highest BCUT2D eigenvalue weighted by molar-refractivity contribution is 5.99. The highest BCUT2D eigenvalue weighted by Crippen LogP contribution is 2.22. The molecule has 0 unspecified atom stereocenters. The fraction of sp³-hybridized carbons (Fsp3) is 0.364. The Hall–Kier alpha value is -1.51. The molecule has 3 heteroatoms. The zero-order valence-corrected chi connectivity index (χ0v) is 8.54. The van der Waals surface area contributed by atoms with Gasteiger partial charge >= 0.3 is 0 Å². The molecule has 0 spiro atoms. The van der Waals surface area contributed by atoms with Gasteiger partial charge in [-0.1, -0.05) is 6.92 Å². The number of Topliss-reactive ketones (excluding diaryl/α,β-unsaturated/α-hetero) is 1. The number of hydrogen-bond donors (Lipinski definition) is 1. The van der Waals surface area contributed by atoms with Gasteiger partial charge in [0.15, 0.2) is 5.78 Å².